The quantitative estimate of drug-likeness (QED) is 0.493. The van der Waals surface area contributed by atoms with E-state index in [1.165, 1.54) is 24.3 Å². The summed E-state index contributed by atoms with van der Waals surface area (Å²) >= 11 is 5.50. The van der Waals surface area contributed by atoms with E-state index in [1.807, 2.05) is 0 Å². The third-order valence-electron chi connectivity index (χ3n) is 3.47. The van der Waals surface area contributed by atoms with E-state index in [4.69, 9.17) is 11.6 Å². The Morgan fingerprint density at radius 1 is 1.09 bits per heavy atom. The molecule has 0 saturated carbocycles. The Hall–Kier alpha value is -2.34. The molecule has 23 heavy (non-hydrogen) atoms. The van der Waals surface area contributed by atoms with Gasteiger partial charge < -0.3 is 4.98 Å². The summed E-state index contributed by atoms with van der Waals surface area (Å²) in [6.07, 6.45) is -4.55. The summed E-state index contributed by atoms with van der Waals surface area (Å²) in [5.74, 6) is -0.662. The van der Waals surface area contributed by atoms with Gasteiger partial charge in [0.1, 0.15) is 11.5 Å². The highest BCUT2D eigenvalue weighted by Crippen LogP contribution is 2.38. The number of carbonyl (C=O) groups excluding carboxylic acids is 1. The molecule has 0 amide bonds. The minimum atomic E-state index is -4.55. The molecule has 2 aromatic carbocycles. The van der Waals surface area contributed by atoms with Crippen LogP contribution in [0.15, 0.2) is 42.5 Å². The first-order valence-corrected chi connectivity index (χ1v) is 6.84. The maximum absolute atomic E-state index is 14.1. The second-order valence-electron chi connectivity index (χ2n) is 4.89. The highest BCUT2D eigenvalue weighted by Gasteiger charge is 2.31. The van der Waals surface area contributed by atoms with Crippen LogP contribution in [-0.4, -0.2) is 10.2 Å². The Bertz CT molecular complexity index is 914. The Labute approximate surface area is 132 Å². The van der Waals surface area contributed by atoms with E-state index in [0.717, 1.165) is 18.2 Å². The van der Waals surface area contributed by atoms with Gasteiger partial charge in [0.25, 0.3) is 5.24 Å². The number of fused-ring (bicyclic) bond motifs is 1. The Morgan fingerprint density at radius 3 is 2.39 bits per heavy atom. The van der Waals surface area contributed by atoms with E-state index >= 15 is 0 Å². The van der Waals surface area contributed by atoms with Crippen molar-refractivity contribution in [2.75, 3.05) is 0 Å². The molecule has 7 heteroatoms. The lowest BCUT2D eigenvalue weighted by Gasteiger charge is -2.08. The summed E-state index contributed by atoms with van der Waals surface area (Å²) < 4.78 is 52.8. The fraction of sp³-hybridized carbons (Fsp3) is 0.0625. The standard InChI is InChI=1S/C16H8ClF4NO/c17-15(23)14-13(9-3-1-2-4-11(9)18)10-7-8(16(19,20)21)5-6-12(10)22-14/h1-7,22H. The third kappa shape index (κ3) is 2.70. The summed E-state index contributed by atoms with van der Waals surface area (Å²) in [6, 6.07) is 8.44. The molecule has 2 nitrogen and oxygen atoms in total. The summed E-state index contributed by atoms with van der Waals surface area (Å²) in [5.41, 5.74) is -0.757. The fourth-order valence-electron chi connectivity index (χ4n) is 2.46. The summed E-state index contributed by atoms with van der Waals surface area (Å²) in [5, 5.41) is -0.832. The van der Waals surface area contributed by atoms with Crippen molar-refractivity contribution >= 4 is 27.7 Å². The lowest BCUT2D eigenvalue weighted by Crippen LogP contribution is -2.04. The molecular formula is C16H8ClF4NO. The van der Waals surface area contributed by atoms with Crippen LogP contribution in [0.4, 0.5) is 17.6 Å². The minimum absolute atomic E-state index is 0.00192. The Balaban J connectivity index is 2.39. The van der Waals surface area contributed by atoms with Gasteiger partial charge in [-0.25, -0.2) is 4.39 Å². The van der Waals surface area contributed by atoms with Gasteiger partial charge in [0, 0.05) is 22.0 Å². The first-order chi connectivity index (χ1) is 10.8. The van der Waals surface area contributed by atoms with Gasteiger partial charge in [-0.2, -0.15) is 13.2 Å². The zero-order valence-electron chi connectivity index (χ0n) is 11.3. The van der Waals surface area contributed by atoms with Crippen LogP contribution in [0.25, 0.3) is 22.0 Å². The van der Waals surface area contributed by atoms with Crippen LogP contribution >= 0.6 is 11.6 Å². The van der Waals surface area contributed by atoms with Crippen LogP contribution in [-0.2, 0) is 6.18 Å². The number of halogens is 5. The molecule has 1 heterocycles. The average Bonchev–Trinajstić information content (AvgIpc) is 2.85. The second-order valence-corrected chi connectivity index (χ2v) is 5.23. The molecule has 3 rings (SSSR count). The maximum Gasteiger partial charge on any atom is 0.416 e. The van der Waals surface area contributed by atoms with Crippen molar-refractivity contribution in [3.05, 3.63) is 59.5 Å². The van der Waals surface area contributed by atoms with Crippen LogP contribution < -0.4 is 0 Å². The summed E-state index contributed by atoms with van der Waals surface area (Å²) in [6.45, 7) is 0. The molecule has 0 bridgehead atoms. The molecule has 1 N–H and O–H groups in total. The molecule has 0 radical (unpaired) electrons. The molecule has 0 fully saturated rings. The van der Waals surface area contributed by atoms with Gasteiger partial charge in [-0.05, 0) is 35.9 Å². The van der Waals surface area contributed by atoms with Gasteiger partial charge in [0.2, 0.25) is 0 Å². The van der Waals surface area contributed by atoms with E-state index in [-0.39, 0.29) is 27.7 Å². The molecule has 0 atom stereocenters. The smallest absolute Gasteiger partial charge is 0.351 e. The molecular weight excluding hydrogens is 334 g/mol. The molecule has 118 valence electrons. The van der Waals surface area contributed by atoms with E-state index in [0.29, 0.717) is 0 Å². The summed E-state index contributed by atoms with van der Waals surface area (Å²) in [7, 11) is 0. The molecule has 3 aromatic rings. The molecule has 0 aliphatic heterocycles. The van der Waals surface area contributed by atoms with Gasteiger partial charge in [0.15, 0.2) is 0 Å². The monoisotopic (exact) mass is 341 g/mol. The maximum atomic E-state index is 14.1. The number of hydrogen-bond acceptors (Lipinski definition) is 1. The number of benzene rings is 2. The predicted octanol–water partition coefficient (Wildman–Crippen LogP) is 5.37. The normalized spacial score (nSPS) is 11.9. The van der Waals surface area contributed by atoms with Crippen molar-refractivity contribution in [1.82, 2.24) is 4.98 Å². The number of nitrogens with one attached hydrogen (secondary N) is 1. The number of H-pyrrole nitrogens is 1. The molecule has 1 aromatic heterocycles. The van der Waals surface area contributed by atoms with Crippen molar-refractivity contribution in [3.63, 3.8) is 0 Å². The van der Waals surface area contributed by atoms with Crippen molar-refractivity contribution in [2.24, 2.45) is 0 Å². The molecule has 0 aliphatic rings. The SMILES string of the molecule is O=C(Cl)c1[nH]c2ccc(C(F)(F)F)cc2c1-c1ccccc1F. The molecule has 0 aliphatic carbocycles. The van der Waals surface area contributed by atoms with E-state index < -0.39 is 22.8 Å². The van der Waals surface area contributed by atoms with E-state index in [2.05, 4.69) is 4.98 Å². The Kier molecular flexibility index (Phi) is 3.64. The zero-order chi connectivity index (χ0) is 16.8. The largest absolute Gasteiger partial charge is 0.416 e. The van der Waals surface area contributed by atoms with Crippen LogP contribution in [0.1, 0.15) is 16.1 Å². The topological polar surface area (TPSA) is 32.9 Å². The first-order valence-electron chi connectivity index (χ1n) is 6.46. The minimum Gasteiger partial charge on any atom is -0.351 e. The van der Waals surface area contributed by atoms with Crippen molar-refractivity contribution in [2.45, 2.75) is 6.18 Å². The fourth-order valence-corrected chi connectivity index (χ4v) is 2.60. The van der Waals surface area contributed by atoms with Gasteiger partial charge in [-0.3, -0.25) is 4.79 Å². The number of aromatic nitrogens is 1. The van der Waals surface area contributed by atoms with Crippen molar-refractivity contribution in [3.8, 4) is 11.1 Å². The van der Waals surface area contributed by atoms with Gasteiger partial charge in [-0.1, -0.05) is 18.2 Å². The van der Waals surface area contributed by atoms with Gasteiger partial charge >= 0.3 is 6.18 Å². The number of hydrogen-bond donors (Lipinski definition) is 1. The lowest BCUT2D eigenvalue weighted by molar-refractivity contribution is -0.137. The number of carbonyl (C=O) groups is 1. The highest BCUT2D eigenvalue weighted by molar-refractivity contribution is 6.68. The number of rotatable bonds is 2. The zero-order valence-corrected chi connectivity index (χ0v) is 12.1. The first kappa shape index (κ1) is 15.6. The molecule has 0 unspecified atom stereocenters. The molecule has 0 spiro atoms. The van der Waals surface area contributed by atoms with Gasteiger partial charge in [-0.15, -0.1) is 0 Å². The van der Waals surface area contributed by atoms with Crippen LogP contribution in [0.5, 0.6) is 0 Å². The van der Waals surface area contributed by atoms with Crippen molar-refractivity contribution < 1.29 is 22.4 Å². The van der Waals surface area contributed by atoms with Crippen LogP contribution in [0.2, 0.25) is 0 Å². The lowest BCUT2D eigenvalue weighted by atomic mass is 10.00. The Morgan fingerprint density at radius 2 is 1.78 bits per heavy atom. The van der Waals surface area contributed by atoms with Crippen molar-refractivity contribution in [1.29, 1.82) is 0 Å². The highest BCUT2D eigenvalue weighted by atomic mass is 35.5. The third-order valence-corrected chi connectivity index (χ3v) is 3.65. The van der Waals surface area contributed by atoms with Crippen LogP contribution in [0.3, 0.4) is 0 Å². The second kappa shape index (κ2) is 5.38. The van der Waals surface area contributed by atoms with E-state index in [1.54, 1.807) is 0 Å². The molecule has 0 saturated heterocycles. The van der Waals surface area contributed by atoms with Crippen LogP contribution in [0, 0.1) is 5.82 Å². The predicted molar refractivity (Wildman–Crippen MR) is 78.9 cm³/mol. The van der Waals surface area contributed by atoms with Gasteiger partial charge in [0.05, 0.1) is 5.56 Å². The number of aromatic amines is 1. The average molecular weight is 342 g/mol. The summed E-state index contributed by atoms with van der Waals surface area (Å²) in [4.78, 5) is 14.2. The van der Waals surface area contributed by atoms with E-state index in [9.17, 15) is 22.4 Å². The number of alkyl halides is 3.